The summed E-state index contributed by atoms with van der Waals surface area (Å²) < 4.78 is 0. The molecular weight excluding hydrogens is 258 g/mol. The summed E-state index contributed by atoms with van der Waals surface area (Å²) in [7, 11) is 0. The van der Waals surface area contributed by atoms with Crippen molar-refractivity contribution in [2.75, 3.05) is 18.0 Å². The van der Waals surface area contributed by atoms with Gasteiger partial charge in [-0.1, -0.05) is 56.3 Å². The van der Waals surface area contributed by atoms with Gasteiger partial charge >= 0.3 is 0 Å². The number of hydrogen-bond acceptors (Lipinski definition) is 2. The third kappa shape index (κ3) is 3.94. The second-order valence-corrected chi connectivity index (χ2v) is 5.23. The topological polar surface area (TPSA) is 20.3 Å². The molecule has 0 bridgehead atoms. The van der Waals surface area contributed by atoms with Gasteiger partial charge in [0.2, 0.25) is 0 Å². The molecule has 0 heterocycles. The Bertz CT molecular complexity index is 571. The molecule has 2 nitrogen and oxygen atoms in total. The molecule has 0 unspecified atom stereocenters. The molecule has 0 fully saturated rings. The first-order valence-electron chi connectivity index (χ1n) is 7.71. The molecule has 0 aliphatic heterocycles. The first kappa shape index (κ1) is 15.3. The van der Waals surface area contributed by atoms with Crippen LogP contribution in [0.1, 0.15) is 42.6 Å². The van der Waals surface area contributed by atoms with Gasteiger partial charge in [-0.15, -0.1) is 0 Å². The van der Waals surface area contributed by atoms with Crippen LogP contribution in [0.5, 0.6) is 0 Å². The van der Waals surface area contributed by atoms with Crippen LogP contribution in [0.15, 0.2) is 54.6 Å². The lowest BCUT2D eigenvalue weighted by Gasteiger charge is -2.24. The zero-order valence-electron chi connectivity index (χ0n) is 12.9. The molecule has 0 atom stereocenters. The van der Waals surface area contributed by atoms with Crippen molar-refractivity contribution in [2.45, 2.75) is 26.7 Å². The lowest BCUT2D eigenvalue weighted by molar-refractivity contribution is 0.103. The average Bonchev–Trinajstić information content (AvgIpc) is 2.55. The number of ketones is 1. The lowest BCUT2D eigenvalue weighted by Crippen LogP contribution is -2.25. The first-order chi connectivity index (χ1) is 10.3. The maximum absolute atomic E-state index is 12.5. The highest BCUT2D eigenvalue weighted by Gasteiger charge is 2.11. The number of nitrogens with zero attached hydrogens (tertiary/aromatic N) is 1. The van der Waals surface area contributed by atoms with Gasteiger partial charge in [0.05, 0.1) is 0 Å². The van der Waals surface area contributed by atoms with E-state index in [-0.39, 0.29) is 5.78 Å². The van der Waals surface area contributed by atoms with E-state index in [4.69, 9.17) is 0 Å². The zero-order chi connectivity index (χ0) is 15.1. The third-order valence-corrected chi connectivity index (χ3v) is 3.50. The van der Waals surface area contributed by atoms with Gasteiger partial charge in [-0.05, 0) is 25.0 Å². The van der Waals surface area contributed by atoms with Gasteiger partial charge in [-0.2, -0.15) is 0 Å². The fourth-order valence-corrected chi connectivity index (χ4v) is 2.51. The molecule has 0 aromatic heterocycles. The van der Waals surface area contributed by atoms with Gasteiger partial charge < -0.3 is 4.90 Å². The van der Waals surface area contributed by atoms with Crippen LogP contribution < -0.4 is 4.90 Å². The van der Waals surface area contributed by atoms with Crippen LogP contribution in [0, 0.1) is 0 Å². The fourth-order valence-electron chi connectivity index (χ4n) is 2.51. The van der Waals surface area contributed by atoms with Crippen molar-refractivity contribution in [1.82, 2.24) is 0 Å². The van der Waals surface area contributed by atoms with Crippen LogP contribution in [0.2, 0.25) is 0 Å². The summed E-state index contributed by atoms with van der Waals surface area (Å²) in [5.74, 6) is 0.0883. The Morgan fingerprint density at radius 2 is 1.48 bits per heavy atom. The van der Waals surface area contributed by atoms with E-state index >= 15 is 0 Å². The Labute approximate surface area is 127 Å². The van der Waals surface area contributed by atoms with Crippen LogP contribution >= 0.6 is 0 Å². The Balaban J connectivity index is 2.26. The number of carbonyl (C=O) groups is 1. The summed E-state index contributed by atoms with van der Waals surface area (Å²) in [5, 5.41) is 0. The maximum atomic E-state index is 12.5. The summed E-state index contributed by atoms with van der Waals surface area (Å²) in [6.07, 6.45) is 2.22. The van der Waals surface area contributed by atoms with Crippen molar-refractivity contribution in [2.24, 2.45) is 0 Å². The minimum Gasteiger partial charge on any atom is -0.372 e. The zero-order valence-corrected chi connectivity index (χ0v) is 12.9. The SMILES string of the molecule is CCCN(CCC)c1cccc(C(=O)c2ccccc2)c1. The van der Waals surface area contributed by atoms with Gasteiger partial charge in [-0.25, -0.2) is 0 Å². The first-order valence-corrected chi connectivity index (χ1v) is 7.71. The molecule has 0 radical (unpaired) electrons. The quantitative estimate of drug-likeness (QED) is 0.694. The Hall–Kier alpha value is -2.09. The largest absolute Gasteiger partial charge is 0.372 e. The summed E-state index contributed by atoms with van der Waals surface area (Å²) in [4.78, 5) is 14.9. The van der Waals surface area contributed by atoms with E-state index in [1.807, 2.05) is 48.5 Å². The van der Waals surface area contributed by atoms with Gasteiger partial charge in [-0.3, -0.25) is 4.79 Å². The van der Waals surface area contributed by atoms with E-state index in [2.05, 4.69) is 24.8 Å². The molecule has 0 spiro atoms. The van der Waals surface area contributed by atoms with Crippen LogP contribution in [0.25, 0.3) is 0 Å². The minimum absolute atomic E-state index is 0.0883. The van der Waals surface area contributed by atoms with E-state index in [0.717, 1.165) is 42.7 Å². The number of benzene rings is 2. The van der Waals surface area contributed by atoms with E-state index in [1.165, 1.54) is 0 Å². The Kier molecular flexibility index (Phi) is 5.56. The average molecular weight is 281 g/mol. The molecule has 0 N–H and O–H groups in total. The summed E-state index contributed by atoms with van der Waals surface area (Å²) in [6.45, 7) is 6.41. The molecule has 2 heteroatoms. The molecule has 0 saturated carbocycles. The molecule has 2 aromatic rings. The highest BCUT2D eigenvalue weighted by atomic mass is 16.1. The molecule has 110 valence electrons. The van der Waals surface area contributed by atoms with E-state index in [9.17, 15) is 4.79 Å². The van der Waals surface area contributed by atoms with E-state index < -0.39 is 0 Å². The predicted octanol–water partition coefficient (Wildman–Crippen LogP) is 4.54. The van der Waals surface area contributed by atoms with Crippen molar-refractivity contribution >= 4 is 11.5 Å². The second kappa shape index (κ2) is 7.63. The molecule has 0 aliphatic rings. The van der Waals surface area contributed by atoms with Gasteiger partial charge in [0.1, 0.15) is 0 Å². The van der Waals surface area contributed by atoms with Crippen LogP contribution in [-0.2, 0) is 0 Å². The van der Waals surface area contributed by atoms with Crippen LogP contribution in [-0.4, -0.2) is 18.9 Å². The molecule has 0 amide bonds. The highest BCUT2D eigenvalue weighted by Crippen LogP contribution is 2.19. The van der Waals surface area contributed by atoms with E-state index in [0.29, 0.717) is 0 Å². The normalized spacial score (nSPS) is 10.4. The molecule has 2 rings (SSSR count). The predicted molar refractivity (Wildman–Crippen MR) is 89.1 cm³/mol. The molecule has 21 heavy (non-hydrogen) atoms. The monoisotopic (exact) mass is 281 g/mol. The summed E-state index contributed by atoms with van der Waals surface area (Å²) in [6, 6.07) is 17.4. The van der Waals surface area contributed by atoms with Gasteiger partial charge in [0.15, 0.2) is 5.78 Å². The molecule has 0 saturated heterocycles. The minimum atomic E-state index is 0.0883. The summed E-state index contributed by atoms with van der Waals surface area (Å²) >= 11 is 0. The fraction of sp³-hybridized carbons (Fsp3) is 0.316. The molecular formula is C19H23NO. The van der Waals surface area contributed by atoms with E-state index in [1.54, 1.807) is 0 Å². The van der Waals surface area contributed by atoms with Gasteiger partial charge in [0.25, 0.3) is 0 Å². The summed E-state index contributed by atoms with van der Waals surface area (Å²) in [5.41, 5.74) is 2.64. The standard InChI is InChI=1S/C19H23NO/c1-3-13-20(14-4-2)18-12-8-11-17(15-18)19(21)16-9-6-5-7-10-16/h5-12,15H,3-4,13-14H2,1-2H3. The molecule has 2 aromatic carbocycles. The van der Waals surface area contributed by atoms with Gasteiger partial charge in [0, 0.05) is 29.9 Å². The van der Waals surface area contributed by atoms with Crippen molar-refractivity contribution in [1.29, 1.82) is 0 Å². The maximum Gasteiger partial charge on any atom is 0.193 e. The molecule has 0 aliphatic carbocycles. The number of anilines is 1. The van der Waals surface area contributed by atoms with Crippen molar-refractivity contribution < 1.29 is 4.79 Å². The Morgan fingerprint density at radius 1 is 0.857 bits per heavy atom. The number of carbonyl (C=O) groups excluding carboxylic acids is 1. The highest BCUT2D eigenvalue weighted by molar-refractivity contribution is 6.09. The third-order valence-electron chi connectivity index (χ3n) is 3.50. The van der Waals surface area contributed by atoms with Crippen molar-refractivity contribution in [3.63, 3.8) is 0 Å². The van der Waals surface area contributed by atoms with Crippen LogP contribution in [0.4, 0.5) is 5.69 Å². The van der Waals surface area contributed by atoms with Crippen molar-refractivity contribution in [3.8, 4) is 0 Å². The lowest BCUT2D eigenvalue weighted by atomic mass is 10.0. The van der Waals surface area contributed by atoms with Crippen molar-refractivity contribution in [3.05, 3.63) is 65.7 Å². The number of hydrogen-bond donors (Lipinski definition) is 0. The second-order valence-electron chi connectivity index (χ2n) is 5.23. The van der Waals surface area contributed by atoms with Crippen LogP contribution in [0.3, 0.4) is 0 Å². The Morgan fingerprint density at radius 3 is 2.10 bits per heavy atom. The number of rotatable bonds is 7. The smallest absolute Gasteiger partial charge is 0.193 e.